The molecule has 0 aliphatic rings. The van der Waals surface area contributed by atoms with Crippen molar-refractivity contribution >= 4 is 38.0 Å². The highest BCUT2D eigenvalue weighted by molar-refractivity contribution is 7.86. The Morgan fingerprint density at radius 2 is 1.45 bits per heavy atom. The molecule has 230 valence electrons. The van der Waals surface area contributed by atoms with E-state index in [9.17, 15) is 31.5 Å². The molecule has 2 N–H and O–H groups in total. The third-order valence-corrected chi connectivity index (χ3v) is 6.90. The number of aliphatic carboxylic acids is 1. The molecule has 1 rings (SSSR count). The van der Waals surface area contributed by atoms with Crippen molar-refractivity contribution in [3.8, 4) is 0 Å². The Labute approximate surface area is 238 Å². The molecule has 0 heterocycles. The van der Waals surface area contributed by atoms with E-state index in [1.165, 1.54) is 0 Å². The number of carbonyl (C=O) groups excluding carboxylic acids is 1. The smallest absolute Gasteiger partial charge is 0.407 e. The van der Waals surface area contributed by atoms with E-state index < -0.39 is 55.3 Å². The van der Waals surface area contributed by atoms with Crippen molar-refractivity contribution in [2.45, 2.75) is 72.4 Å². The van der Waals surface area contributed by atoms with Gasteiger partial charge in [0, 0.05) is 30.7 Å². The van der Waals surface area contributed by atoms with Crippen LogP contribution in [0, 0.1) is 12.3 Å². The maximum atomic E-state index is 12.7. The van der Waals surface area contributed by atoms with Crippen LogP contribution in [0.5, 0.6) is 0 Å². The molecule has 0 aliphatic heterocycles. The van der Waals surface area contributed by atoms with Crippen LogP contribution < -0.4 is 10.2 Å². The second-order valence-electron chi connectivity index (χ2n) is 11.8. The predicted molar refractivity (Wildman–Crippen MR) is 153 cm³/mol. The summed E-state index contributed by atoms with van der Waals surface area (Å²) in [5.41, 5.74) is 0.890. The summed E-state index contributed by atoms with van der Waals surface area (Å²) in [5.74, 6) is -1.58. The summed E-state index contributed by atoms with van der Waals surface area (Å²) in [6.07, 6.45) is 0.767. The number of aryl methyl sites for hydroxylation is 1. The van der Waals surface area contributed by atoms with Crippen molar-refractivity contribution in [1.29, 1.82) is 0 Å². The van der Waals surface area contributed by atoms with E-state index in [0.717, 1.165) is 23.6 Å². The van der Waals surface area contributed by atoms with E-state index in [0.29, 0.717) is 5.69 Å². The van der Waals surface area contributed by atoms with E-state index in [4.69, 9.17) is 13.1 Å². The minimum atomic E-state index is -3.70. The molecular weight excluding hydrogens is 564 g/mol. The summed E-state index contributed by atoms with van der Waals surface area (Å²) in [4.78, 5) is 26.3. The fourth-order valence-corrected chi connectivity index (χ4v) is 5.07. The first kappa shape index (κ1) is 35.6. The van der Waals surface area contributed by atoms with E-state index in [1.807, 2.05) is 39.8 Å². The third-order valence-electron chi connectivity index (χ3n) is 5.71. The van der Waals surface area contributed by atoms with Crippen LogP contribution in [0.25, 0.3) is 0 Å². The summed E-state index contributed by atoms with van der Waals surface area (Å²) < 4.78 is 61.2. The van der Waals surface area contributed by atoms with Gasteiger partial charge in [0.05, 0.1) is 32.1 Å². The highest BCUT2D eigenvalue weighted by atomic mass is 32.2. The molecule has 0 aromatic heterocycles. The molecule has 1 unspecified atom stereocenters. The van der Waals surface area contributed by atoms with E-state index in [1.54, 1.807) is 31.7 Å². The maximum absolute atomic E-state index is 12.7. The Bertz CT molecular complexity index is 1190. The van der Waals surface area contributed by atoms with Crippen molar-refractivity contribution < 1.29 is 44.6 Å². The van der Waals surface area contributed by atoms with Crippen LogP contribution in [-0.2, 0) is 38.1 Å². The van der Waals surface area contributed by atoms with Gasteiger partial charge >= 0.3 is 12.1 Å². The van der Waals surface area contributed by atoms with E-state index >= 15 is 0 Å². The molecule has 14 heteroatoms. The molecule has 0 radical (unpaired) electrons. The van der Waals surface area contributed by atoms with Crippen LogP contribution in [0.3, 0.4) is 0 Å². The normalized spacial score (nSPS) is 14.3. The number of nitrogens with one attached hydrogen (secondary N) is 1. The Balaban J connectivity index is 3.55. The first-order chi connectivity index (χ1) is 18.0. The van der Waals surface area contributed by atoms with Crippen LogP contribution >= 0.6 is 0 Å². The minimum absolute atomic E-state index is 0.0948. The van der Waals surface area contributed by atoms with Crippen molar-refractivity contribution in [2.24, 2.45) is 5.41 Å². The van der Waals surface area contributed by atoms with Crippen molar-refractivity contribution in [3.05, 3.63) is 29.3 Å². The van der Waals surface area contributed by atoms with Crippen molar-refractivity contribution in [3.63, 3.8) is 0 Å². The molecule has 0 saturated heterocycles. The molecule has 0 aliphatic carbocycles. The number of amides is 1. The zero-order chi connectivity index (χ0) is 31.1. The molecular formula is C26H44N2O10S2. The lowest BCUT2D eigenvalue weighted by Crippen LogP contribution is -2.46. The molecule has 1 aromatic carbocycles. The minimum Gasteiger partial charge on any atom is -0.481 e. The van der Waals surface area contributed by atoms with Crippen LogP contribution in [0.2, 0.25) is 0 Å². The van der Waals surface area contributed by atoms with Gasteiger partial charge in [-0.05, 0) is 56.4 Å². The Hall–Kier alpha value is -2.42. The molecule has 12 nitrogen and oxygen atoms in total. The van der Waals surface area contributed by atoms with E-state index in [2.05, 4.69) is 5.32 Å². The Kier molecular flexibility index (Phi) is 12.4. The number of carboxylic acids is 1. The first-order valence-electron chi connectivity index (χ1n) is 12.7. The van der Waals surface area contributed by atoms with Gasteiger partial charge in [-0.1, -0.05) is 26.8 Å². The average Bonchev–Trinajstić information content (AvgIpc) is 2.69. The number of hydrogen-bond donors (Lipinski definition) is 2. The lowest BCUT2D eigenvalue weighted by molar-refractivity contribution is -0.137. The maximum Gasteiger partial charge on any atom is 0.407 e. The van der Waals surface area contributed by atoms with Crippen LogP contribution in [0.15, 0.2) is 18.2 Å². The van der Waals surface area contributed by atoms with Gasteiger partial charge in [-0.15, -0.1) is 0 Å². The van der Waals surface area contributed by atoms with Gasteiger partial charge in [0.2, 0.25) is 0 Å². The predicted octanol–water partition coefficient (Wildman–Crippen LogP) is 3.25. The van der Waals surface area contributed by atoms with Crippen LogP contribution in [0.4, 0.5) is 10.5 Å². The first-order valence-corrected chi connectivity index (χ1v) is 16.4. The quantitative estimate of drug-likeness (QED) is 0.298. The number of alkyl carbamates (subject to hydrolysis) is 1. The molecule has 0 fully saturated rings. The average molecular weight is 609 g/mol. The molecule has 40 heavy (non-hydrogen) atoms. The van der Waals surface area contributed by atoms with Crippen molar-refractivity contribution in [1.82, 2.24) is 5.32 Å². The van der Waals surface area contributed by atoms with Crippen LogP contribution in [-0.4, -0.2) is 84.5 Å². The standard InChI is InChI=1S/C26H44N2O10S2/c1-18-10-11-19(28(12-14-36-39(8,32)33)13-15-37-40(9,34)35)16-20(18)23(25(2,3)4)21(17-22(29)30)27-24(31)38-26(5,6)7/h10-11,16,21,23H,12-15,17H2,1-9H3,(H,27,31)(H,29,30)/t21-,23?/m1/s1. The number of ether oxygens (including phenoxy) is 1. The molecule has 1 amide bonds. The fourth-order valence-electron chi connectivity index (χ4n) is 4.31. The van der Waals surface area contributed by atoms with Gasteiger partial charge in [-0.2, -0.15) is 16.8 Å². The molecule has 0 bridgehead atoms. The second-order valence-corrected chi connectivity index (χ2v) is 15.1. The Morgan fingerprint density at radius 3 is 1.85 bits per heavy atom. The number of carboxylic acid groups (broad SMARTS) is 1. The Morgan fingerprint density at radius 1 is 0.950 bits per heavy atom. The highest BCUT2D eigenvalue weighted by Gasteiger charge is 2.38. The monoisotopic (exact) mass is 608 g/mol. The summed E-state index contributed by atoms with van der Waals surface area (Å²) in [6.45, 7) is 12.6. The van der Waals surface area contributed by atoms with Gasteiger partial charge in [-0.25, -0.2) is 4.79 Å². The van der Waals surface area contributed by atoms with Gasteiger partial charge in [0.1, 0.15) is 5.60 Å². The zero-order valence-electron chi connectivity index (χ0n) is 24.8. The number of nitrogens with zero attached hydrogens (tertiary/aromatic N) is 1. The summed E-state index contributed by atoms with van der Waals surface area (Å²) in [7, 11) is -7.40. The number of anilines is 1. The number of hydrogen-bond acceptors (Lipinski definition) is 10. The summed E-state index contributed by atoms with van der Waals surface area (Å²) >= 11 is 0. The molecule has 1 aromatic rings. The third kappa shape index (κ3) is 13.8. The molecule has 0 spiro atoms. The molecule has 2 atom stereocenters. The van der Waals surface area contributed by atoms with Gasteiger partial charge < -0.3 is 20.1 Å². The molecule has 0 saturated carbocycles. The largest absolute Gasteiger partial charge is 0.481 e. The fraction of sp³-hybridized carbons (Fsp3) is 0.692. The van der Waals surface area contributed by atoms with E-state index in [-0.39, 0.29) is 32.7 Å². The number of rotatable bonds is 14. The topological polar surface area (TPSA) is 166 Å². The summed E-state index contributed by atoms with van der Waals surface area (Å²) in [5, 5.41) is 12.5. The second kappa shape index (κ2) is 14.0. The number of carbonyl (C=O) groups is 2. The van der Waals surface area contributed by atoms with Gasteiger partial charge in [-0.3, -0.25) is 13.2 Å². The highest BCUT2D eigenvalue weighted by Crippen LogP contribution is 2.41. The lowest BCUT2D eigenvalue weighted by atomic mass is 9.70. The van der Waals surface area contributed by atoms with Gasteiger partial charge in [0.25, 0.3) is 20.2 Å². The van der Waals surface area contributed by atoms with Crippen LogP contribution in [0.1, 0.15) is 65.0 Å². The van der Waals surface area contributed by atoms with Gasteiger partial charge in [0.15, 0.2) is 0 Å². The summed E-state index contributed by atoms with van der Waals surface area (Å²) in [6, 6.07) is 4.61. The number of benzene rings is 1. The SMILES string of the molecule is Cc1ccc(N(CCOS(C)(=O)=O)CCOS(C)(=O)=O)cc1C([C@@H](CC(=O)O)NC(=O)OC(C)(C)C)C(C)(C)C. The van der Waals surface area contributed by atoms with Crippen molar-refractivity contribution in [2.75, 3.05) is 43.7 Å². The lowest BCUT2D eigenvalue weighted by Gasteiger charge is -2.39. The zero-order valence-corrected chi connectivity index (χ0v) is 26.4.